The van der Waals surface area contributed by atoms with E-state index in [-0.39, 0.29) is 10.8 Å². The molecule has 0 unspecified atom stereocenters. The molecule has 0 fully saturated rings. The number of hydrogen-bond donors (Lipinski definition) is 0. The van der Waals surface area contributed by atoms with E-state index < -0.39 is 4.92 Å². The van der Waals surface area contributed by atoms with Gasteiger partial charge < -0.3 is 0 Å². The fraction of sp³-hybridized carbons (Fsp3) is 0.167. The van der Waals surface area contributed by atoms with Crippen molar-refractivity contribution in [3.63, 3.8) is 0 Å². The Bertz CT molecular complexity index is 343. The van der Waals surface area contributed by atoms with E-state index in [1.54, 1.807) is 6.92 Å². The number of nitrogens with zero attached hydrogens (tertiary/aromatic N) is 2. The van der Waals surface area contributed by atoms with Gasteiger partial charge in [0.05, 0.1) is 10.5 Å². The predicted molar refractivity (Wildman–Crippen MR) is 48.3 cm³/mol. The van der Waals surface area contributed by atoms with Gasteiger partial charge in [-0.2, -0.15) is 0 Å². The Morgan fingerprint density at radius 2 is 2.33 bits per heavy atom. The summed E-state index contributed by atoms with van der Waals surface area (Å²) in [7, 11) is 0. The summed E-state index contributed by atoms with van der Waals surface area (Å²) >= 11 is 8.63. The van der Waals surface area contributed by atoms with Gasteiger partial charge in [0.15, 0.2) is 0 Å². The molecule has 0 aliphatic heterocycles. The fourth-order valence-corrected chi connectivity index (χ4v) is 1.41. The van der Waals surface area contributed by atoms with E-state index >= 15 is 0 Å². The first-order valence-electron chi connectivity index (χ1n) is 2.99. The maximum Gasteiger partial charge on any atom is 0.278 e. The zero-order valence-corrected chi connectivity index (χ0v) is 8.39. The van der Waals surface area contributed by atoms with Crippen molar-refractivity contribution >= 4 is 33.2 Å². The fourth-order valence-electron chi connectivity index (χ4n) is 0.726. The molecular weight excluding hydrogens is 247 g/mol. The molecule has 0 bridgehead atoms. The molecule has 1 aromatic heterocycles. The molecule has 0 saturated heterocycles. The van der Waals surface area contributed by atoms with E-state index in [4.69, 9.17) is 11.6 Å². The number of aromatic nitrogens is 1. The van der Waals surface area contributed by atoms with Crippen molar-refractivity contribution in [2.45, 2.75) is 6.92 Å². The Morgan fingerprint density at radius 1 is 1.75 bits per heavy atom. The van der Waals surface area contributed by atoms with Gasteiger partial charge in [-0.3, -0.25) is 10.1 Å². The Morgan fingerprint density at radius 3 is 2.83 bits per heavy atom. The van der Waals surface area contributed by atoms with Crippen LogP contribution in [-0.2, 0) is 0 Å². The third-order valence-electron chi connectivity index (χ3n) is 1.35. The number of pyridine rings is 1. The minimum Gasteiger partial charge on any atom is -0.258 e. The van der Waals surface area contributed by atoms with E-state index in [2.05, 4.69) is 20.9 Å². The van der Waals surface area contributed by atoms with E-state index in [1.807, 2.05) is 0 Å². The molecule has 12 heavy (non-hydrogen) atoms. The Hall–Kier alpha value is -0.680. The third kappa shape index (κ3) is 1.73. The first kappa shape index (κ1) is 9.41. The summed E-state index contributed by atoms with van der Waals surface area (Å²) in [5.41, 5.74) is 0.353. The van der Waals surface area contributed by atoms with Gasteiger partial charge in [-0.15, -0.1) is 0 Å². The highest BCUT2D eigenvalue weighted by Gasteiger charge is 2.15. The monoisotopic (exact) mass is 250 g/mol. The van der Waals surface area contributed by atoms with Crippen LogP contribution in [0, 0.1) is 17.0 Å². The summed E-state index contributed by atoms with van der Waals surface area (Å²) < 4.78 is 0.366. The van der Waals surface area contributed by atoms with Gasteiger partial charge in [-0.05, 0) is 22.9 Å². The van der Waals surface area contributed by atoms with Crippen molar-refractivity contribution in [3.05, 3.63) is 31.5 Å². The Balaban J connectivity index is 3.37. The molecule has 0 spiro atoms. The molecule has 0 atom stereocenters. The first-order chi connectivity index (χ1) is 5.52. The van der Waals surface area contributed by atoms with Crippen molar-refractivity contribution in [1.29, 1.82) is 0 Å². The quantitative estimate of drug-likeness (QED) is 0.438. The second-order valence-corrected chi connectivity index (χ2v) is 3.31. The molecule has 0 aliphatic carbocycles. The predicted octanol–water partition coefficient (Wildman–Crippen LogP) is 2.71. The van der Waals surface area contributed by atoms with Crippen molar-refractivity contribution in [1.82, 2.24) is 4.98 Å². The van der Waals surface area contributed by atoms with Crippen LogP contribution in [0.2, 0.25) is 5.15 Å². The lowest BCUT2D eigenvalue weighted by molar-refractivity contribution is -0.385. The van der Waals surface area contributed by atoms with Gasteiger partial charge in [0, 0.05) is 6.07 Å². The molecule has 0 amide bonds. The summed E-state index contributed by atoms with van der Waals surface area (Å²) in [4.78, 5) is 13.7. The lowest BCUT2D eigenvalue weighted by atomic mass is 10.3. The van der Waals surface area contributed by atoms with E-state index in [0.29, 0.717) is 10.2 Å². The van der Waals surface area contributed by atoms with Gasteiger partial charge >= 0.3 is 0 Å². The van der Waals surface area contributed by atoms with Crippen LogP contribution >= 0.6 is 27.5 Å². The van der Waals surface area contributed by atoms with Gasteiger partial charge in [0.25, 0.3) is 5.69 Å². The Labute approximate surface area is 81.8 Å². The van der Waals surface area contributed by atoms with Crippen LogP contribution < -0.4 is 0 Å². The molecule has 1 aromatic rings. The topological polar surface area (TPSA) is 56.0 Å². The van der Waals surface area contributed by atoms with E-state index in [1.165, 1.54) is 6.07 Å². The average molecular weight is 251 g/mol. The molecule has 64 valence electrons. The highest BCUT2D eigenvalue weighted by Crippen LogP contribution is 2.26. The van der Waals surface area contributed by atoms with Crippen LogP contribution in [0.25, 0.3) is 0 Å². The summed E-state index contributed by atoms with van der Waals surface area (Å²) in [6.45, 7) is 1.56. The van der Waals surface area contributed by atoms with Crippen LogP contribution in [0.1, 0.15) is 5.56 Å². The second kappa shape index (κ2) is 3.37. The third-order valence-corrected chi connectivity index (χ3v) is 2.13. The normalized spacial score (nSPS) is 9.92. The smallest absolute Gasteiger partial charge is 0.258 e. The molecule has 4 nitrogen and oxygen atoms in total. The van der Waals surface area contributed by atoms with Crippen molar-refractivity contribution < 1.29 is 4.92 Å². The molecule has 1 heterocycles. The standard InChI is InChI=1S/C6H4BrClN2O2/c1-3-4(10(11)12)2-5(7)9-6(3)8/h2H,1H3. The van der Waals surface area contributed by atoms with Gasteiger partial charge in [0.2, 0.25) is 0 Å². The number of nitro groups is 1. The molecule has 1 rings (SSSR count). The molecule has 0 aliphatic rings. The largest absolute Gasteiger partial charge is 0.278 e. The molecule has 0 radical (unpaired) electrons. The summed E-state index contributed by atoms with van der Waals surface area (Å²) in [6.07, 6.45) is 0. The van der Waals surface area contributed by atoms with Crippen LogP contribution in [-0.4, -0.2) is 9.91 Å². The summed E-state index contributed by atoms with van der Waals surface area (Å²) in [6, 6.07) is 1.32. The van der Waals surface area contributed by atoms with Gasteiger partial charge in [-0.25, -0.2) is 4.98 Å². The zero-order chi connectivity index (χ0) is 9.30. The first-order valence-corrected chi connectivity index (χ1v) is 4.16. The minimum absolute atomic E-state index is 0.0260. The lowest BCUT2D eigenvalue weighted by Gasteiger charge is -1.98. The zero-order valence-electron chi connectivity index (χ0n) is 6.04. The van der Waals surface area contributed by atoms with Crippen molar-refractivity contribution in [2.24, 2.45) is 0 Å². The van der Waals surface area contributed by atoms with Crippen LogP contribution in [0.15, 0.2) is 10.7 Å². The van der Waals surface area contributed by atoms with Crippen LogP contribution in [0.5, 0.6) is 0 Å². The van der Waals surface area contributed by atoms with Crippen LogP contribution in [0.3, 0.4) is 0 Å². The maximum absolute atomic E-state index is 10.4. The van der Waals surface area contributed by atoms with E-state index in [0.717, 1.165) is 0 Å². The molecule has 0 N–H and O–H groups in total. The lowest BCUT2D eigenvalue weighted by Crippen LogP contribution is -1.94. The number of rotatable bonds is 1. The highest BCUT2D eigenvalue weighted by atomic mass is 79.9. The van der Waals surface area contributed by atoms with E-state index in [9.17, 15) is 10.1 Å². The summed E-state index contributed by atoms with van der Waals surface area (Å²) in [5.74, 6) is 0. The molecule has 0 saturated carbocycles. The average Bonchev–Trinajstić information content (AvgIpc) is 1.96. The molecule has 6 heteroatoms. The highest BCUT2D eigenvalue weighted by molar-refractivity contribution is 9.10. The second-order valence-electron chi connectivity index (χ2n) is 2.14. The van der Waals surface area contributed by atoms with Gasteiger partial charge in [0.1, 0.15) is 9.76 Å². The number of halogens is 2. The van der Waals surface area contributed by atoms with Crippen molar-refractivity contribution in [3.8, 4) is 0 Å². The molecule has 0 aromatic carbocycles. The maximum atomic E-state index is 10.4. The SMILES string of the molecule is Cc1c([N+](=O)[O-])cc(Br)nc1Cl. The summed E-state index contributed by atoms with van der Waals surface area (Å²) in [5, 5.41) is 10.6. The number of hydrogen-bond acceptors (Lipinski definition) is 3. The Kier molecular flexibility index (Phi) is 2.64. The molecular formula is C6H4BrClN2O2. The van der Waals surface area contributed by atoms with Gasteiger partial charge in [-0.1, -0.05) is 11.6 Å². The van der Waals surface area contributed by atoms with Crippen LogP contribution in [0.4, 0.5) is 5.69 Å². The minimum atomic E-state index is -0.492. The van der Waals surface area contributed by atoms with Crippen molar-refractivity contribution in [2.75, 3.05) is 0 Å².